The molecule has 0 fully saturated rings. The van der Waals surface area contributed by atoms with Crippen molar-refractivity contribution in [3.8, 4) is 56.4 Å². The monoisotopic (exact) mass is 675 g/mol. The summed E-state index contributed by atoms with van der Waals surface area (Å²) in [5, 5.41) is 2.48. The lowest BCUT2D eigenvalue weighted by molar-refractivity contribution is 0.775. The standard InChI is InChI=1S/C50H33N3/c1-5-15-36(16-6-1)47-51-48(37-17-7-2-8-18-37)53-49(52-47)38-28-25-34(26-29-38)39-30-27-35-31-32-43-42-23-13-14-24-45(42)50(46(43)44(35)33-39,40-19-9-3-10-20-40)41-21-11-4-12-22-41/h1-33H. The molecule has 0 aliphatic heterocycles. The third kappa shape index (κ3) is 5.09. The van der Waals surface area contributed by atoms with Gasteiger partial charge in [-0.3, -0.25) is 0 Å². The molecule has 1 heterocycles. The number of nitrogens with zero attached hydrogens (tertiary/aromatic N) is 3. The smallest absolute Gasteiger partial charge is 0.164 e. The number of hydrogen-bond donors (Lipinski definition) is 0. The zero-order valence-electron chi connectivity index (χ0n) is 28.9. The molecule has 0 bridgehead atoms. The van der Waals surface area contributed by atoms with Crippen LogP contribution in [0.3, 0.4) is 0 Å². The number of fused-ring (bicyclic) bond motifs is 5. The van der Waals surface area contributed by atoms with Crippen LogP contribution in [0, 0.1) is 0 Å². The van der Waals surface area contributed by atoms with Gasteiger partial charge in [0.25, 0.3) is 0 Å². The normalized spacial score (nSPS) is 12.7. The molecule has 3 nitrogen and oxygen atoms in total. The molecule has 1 aliphatic carbocycles. The van der Waals surface area contributed by atoms with E-state index in [1.165, 1.54) is 44.2 Å². The summed E-state index contributed by atoms with van der Waals surface area (Å²) in [6.45, 7) is 0. The molecule has 1 aromatic heterocycles. The first-order valence-electron chi connectivity index (χ1n) is 18.0. The molecule has 0 atom stereocenters. The average molecular weight is 676 g/mol. The van der Waals surface area contributed by atoms with Gasteiger partial charge in [0.05, 0.1) is 5.41 Å². The maximum atomic E-state index is 4.95. The highest BCUT2D eigenvalue weighted by Crippen LogP contribution is 2.58. The van der Waals surface area contributed by atoms with Crippen molar-refractivity contribution in [3.05, 3.63) is 222 Å². The fourth-order valence-corrected chi connectivity index (χ4v) is 8.20. The minimum atomic E-state index is -0.470. The summed E-state index contributed by atoms with van der Waals surface area (Å²) in [4.78, 5) is 14.8. The van der Waals surface area contributed by atoms with Crippen LogP contribution in [0.4, 0.5) is 0 Å². The summed E-state index contributed by atoms with van der Waals surface area (Å²) in [7, 11) is 0. The van der Waals surface area contributed by atoms with Gasteiger partial charge in [-0.15, -0.1) is 0 Å². The van der Waals surface area contributed by atoms with E-state index in [9.17, 15) is 0 Å². The van der Waals surface area contributed by atoms with Crippen molar-refractivity contribution in [2.24, 2.45) is 0 Å². The molecule has 1 aliphatic rings. The molecule has 0 N–H and O–H groups in total. The highest BCUT2D eigenvalue weighted by atomic mass is 15.0. The van der Waals surface area contributed by atoms with Crippen LogP contribution in [0.5, 0.6) is 0 Å². The van der Waals surface area contributed by atoms with Crippen molar-refractivity contribution in [2.45, 2.75) is 5.41 Å². The molecule has 248 valence electrons. The van der Waals surface area contributed by atoms with E-state index in [-0.39, 0.29) is 0 Å². The Labute approximate surface area is 309 Å². The minimum Gasteiger partial charge on any atom is -0.208 e. The first kappa shape index (κ1) is 30.8. The molecular formula is C50H33N3. The third-order valence-electron chi connectivity index (χ3n) is 10.6. The Bertz CT molecular complexity index is 2650. The van der Waals surface area contributed by atoms with Gasteiger partial charge in [-0.05, 0) is 61.3 Å². The first-order chi connectivity index (χ1) is 26.3. The average Bonchev–Trinajstić information content (AvgIpc) is 3.56. The SMILES string of the molecule is c1ccc(-c2nc(-c3ccccc3)nc(-c3ccc(-c4ccc5ccc6c(c5c4)C(c4ccccc4)(c4ccccc4)c4ccccc4-6)cc3)n2)cc1. The molecule has 9 aromatic rings. The Balaban J connectivity index is 1.13. The summed E-state index contributed by atoms with van der Waals surface area (Å²) in [5.41, 5.74) is 12.4. The Morgan fingerprint density at radius 1 is 0.321 bits per heavy atom. The predicted molar refractivity (Wildman–Crippen MR) is 216 cm³/mol. The van der Waals surface area contributed by atoms with E-state index in [4.69, 9.17) is 15.0 Å². The second-order valence-electron chi connectivity index (χ2n) is 13.6. The third-order valence-corrected chi connectivity index (χ3v) is 10.6. The van der Waals surface area contributed by atoms with Crippen molar-refractivity contribution in [3.63, 3.8) is 0 Å². The van der Waals surface area contributed by atoms with E-state index in [1.807, 2.05) is 60.7 Å². The van der Waals surface area contributed by atoms with Crippen molar-refractivity contribution in [2.75, 3.05) is 0 Å². The second-order valence-corrected chi connectivity index (χ2v) is 13.6. The zero-order chi connectivity index (χ0) is 35.2. The fraction of sp³-hybridized carbons (Fsp3) is 0.0200. The summed E-state index contributed by atoms with van der Waals surface area (Å²) in [6.07, 6.45) is 0. The van der Waals surface area contributed by atoms with E-state index in [2.05, 4.69) is 140 Å². The van der Waals surface area contributed by atoms with Gasteiger partial charge < -0.3 is 0 Å². The molecular weight excluding hydrogens is 643 g/mol. The number of aromatic nitrogens is 3. The molecule has 0 unspecified atom stereocenters. The van der Waals surface area contributed by atoms with Crippen molar-refractivity contribution >= 4 is 10.8 Å². The lowest BCUT2D eigenvalue weighted by Crippen LogP contribution is -2.28. The van der Waals surface area contributed by atoms with Crippen LogP contribution in [0.2, 0.25) is 0 Å². The van der Waals surface area contributed by atoms with E-state index < -0.39 is 5.41 Å². The number of rotatable bonds is 6. The van der Waals surface area contributed by atoms with Gasteiger partial charge >= 0.3 is 0 Å². The van der Waals surface area contributed by atoms with Crippen LogP contribution in [-0.4, -0.2) is 15.0 Å². The van der Waals surface area contributed by atoms with Gasteiger partial charge in [-0.25, -0.2) is 15.0 Å². The Morgan fingerprint density at radius 2 is 0.755 bits per heavy atom. The van der Waals surface area contributed by atoms with E-state index in [0.717, 1.165) is 27.8 Å². The van der Waals surface area contributed by atoms with E-state index >= 15 is 0 Å². The van der Waals surface area contributed by atoms with E-state index in [1.54, 1.807) is 0 Å². The summed E-state index contributed by atoms with van der Waals surface area (Å²) >= 11 is 0. The molecule has 0 saturated heterocycles. The predicted octanol–water partition coefficient (Wildman–Crippen LogP) is 12.1. The van der Waals surface area contributed by atoms with Gasteiger partial charge in [0.1, 0.15) is 0 Å². The molecule has 53 heavy (non-hydrogen) atoms. The van der Waals surface area contributed by atoms with Crippen LogP contribution in [0.15, 0.2) is 200 Å². The summed E-state index contributed by atoms with van der Waals surface area (Å²) < 4.78 is 0. The van der Waals surface area contributed by atoms with Gasteiger partial charge in [0.2, 0.25) is 0 Å². The molecule has 0 spiro atoms. The van der Waals surface area contributed by atoms with Gasteiger partial charge in [-0.2, -0.15) is 0 Å². The largest absolute Gasteiger partial charge is 0.208 e. The van der Waals surface area contributed by atoms with Crippen LogP contribution in [-0.2, 0) is 5.41 Å². The fourth-order valence-electron chi connectivity index (χ4n) is 8.20. The highest BCUT2D eigenvalue weighted by molar-refractivity contribution is 6.01. The molecule has 0 amide bonds. The Morgan fingerprint density at radius 3 is 1.32 bits per heavy atom. The zero-order valence-corrected chi connectivity index (χ0v) is 28.9. The quantitative estimate of drug-likeness (QED) is 0.176. The lowest BCUT2D eigenvalue weighted by atomic mass is 9.66. The Kier molecular flexibility index (Phi) is 7.36. The topological polar surface area (TPSA) is 38.7 Å². The van der Waals surface area contributed by atoms with Gasteiger partial charge in [-0.1, -0.05) is 194 Å². The van der Waals surface area contributed by atoms with Gasteiger partial charge in [0.15, 0.2) is 17.5 Å². The second kappa shape index (κ2) is 12.7. The Hall–Kier alpha value is -6.97. The molecule has 0 radical (unpaired) electrons. The number of hydrogen-bond acceptors (Lipinski definition) is 3. The summed E-state index contributed by atoms with van der Waals surface area (Å²) in [6, 6.07) is 71.3. The number of benzene rings is 8. The maximum absolute atomic E-state index is 4.95. The van der Waals surface area contributed by atoms with Crippen molar-refractivity contribution in [1.29, 1.82) is 0 Å². The van der Waals surface area contributed by atoms with Crippen LogP contribution in [0.1, 0.15) is 22.3 Å². The minimum absolute atomic E-state index is 0.470. The lowest BCUT2D eigenvalue weighted by Gasteiger charge is -2.34. The summed E-state index contributed by atoms with van der Waals surface area (Å²) in [5.74, 6) is 1.96. The molecule has 8 aromatic carbocycles. The van der Waals surface area contributed by atoms with Crippen LogP contribution < -0.4 is 0 Å². The molecule has 0 saturated carbocycles. The van der Waals surface area contributed by atoms with Crippen LogP contribution in [0.25, 0.3) is 67.2 Å². The molecule has 10 rings (SSSR count). The van der Waals surface area contributed by atoms with Gasteiger partial charge in [0, 0.05) is 16.7 Å². The highest BCUT2D eigenvalue weighted by Gasteiger charge is 2.46. The van der Waals surface area contributed by atoms with Crippen molar-refractivity contribution < 1.29 is 0 Å². The first-order valence-corrected chi connectivity index (χ1v) is 18.0. The molecule has 3 heteroatoms. The van der Waals surface area contributed by atoms with Crippen molar-refractivity contribution in [1.82, 2.24) is 15.0 Å². The van der Waals surface area contributed by atoms with Crippen LogP contribution >= 0.6 is 0 Å². The van der Waals surface area contributed by atoms with E-state index in [0.29, 0.717) is 17.5 Å². The maximum Gasteiger partial charge on any atom is 0.164 e.